The van der Waals surface area contributed by atoms with Gasteiger partial charge in [0.25, 0.3) is 6.71 Å². The van der Waals surface area contributed by atoms with Gasteiger partial charge in [-0.1, -0.05) is 221 Å². The Morgan fingerprint density at radius 2 is 0.901 bits per heavy atom. The van der Waals surface area contributed by atoms with Gasteiger partial charge >= 0.3 is 0 Å². The summed E-state index contributed by atoms with van der Waals surface area (Å²) in [6.07, 6.45) is 9.69. The molecule has 0 bridgehead atoms. The van der Waals surface area contributed by atoms with Crippen LogP contribution in [0.5, 0.6) is 0 Å². The highest BCUT2D eigenvalue weighted by Gasteiger charge is 2.63. The van der Waals surface area contributed by atoms with Gasteiger partial charge in [0.05, 0.1) is 16.8 Å². The van der Waals surface area contributed by atoms with Crippen molar-refractivity contribution in [3.05, 3.63) is 166 Å². The minimum Gasteiger partial charge on any atom is -0.335 e. The van der Waals surface area contributed by atoms with E-state index in [0.29, 0.717) is 0 Å². The van der Waals surface area contributed by atoms with Gasteiger partial charge in [0.15, 0.2) is 0 Å². The molecule has 2 fully saturated rings. The molecule has 4 unspecified atom stereocenters. The van der Waals surface area contributed by atoms with Crippen LogP contribution in [0.2, 0.25) is 0 Å². The zero-order valence-electron chi connectivity index (χ0n) is 52.6. The molecule has 4 heterocycles. The quantitative estimate of drug-likeness (QED) is 0.163. The highest BCUT2D eigenvalue weighted by Crippen LogP contribution is 2.66. The average molecular weight is 1070 g/mol. The highest BCUT2D eigenvalue weighted by atomic mass is 15.3. The molecule has 7 aromatic rings. The number of anilines is 7. The summed E-state index contributed by atoms with van der Waals surface area (Å²) in [6, 6.07) is 50.2. The van der Waals surface area contributed by atoms with Gasteiger partial charge in [-0.05, 0) is 175 Å². The number of hydrogen-bond donors (Lipinski definition) is 0. The van der Waals surface area contributed by atoms with Gasteiger partial charge in [-0.25, -0.2) is 0 Å². The fraction of sp³-hybridized carbons (Fsp3) is 0.455. The molecule has 0 amide bonds. The zero-order valence-corrected chi connectivity index (χ0v) is 52.6. The Morgan fingerprint density at radius 1 is 0.383 bits per heavy atom. The predicted molar refractivity (Wildman–Crippen MR) is 349 cm³/mol. The number of fused-ring (bicyclic) bond motifs is 13. The Balaban J connectivity index is 1.16. The first-order chi connectivity index (χ1) is 37.9. The van der Waals surface area contributed by atoms with E-state index in [1.54, 1.807) is 5.56 Å². The normalized spacial score (nSPS) is 24.7. The summed E-state index contributed by atoms with van der Waals surface area (Å²) in [6.45, 7) is 44.4. The van der Waals surface area contributed by atoms with E-state index in [2.05, 4.69) is 261 Å². The molecule has 3 aliphatic carbocycles. The van der Waals surface area contributed by atoms with Crippen LogP contribution in [0.25, 0.3) is 22.3 Å². The van der Waals surface area contributed by atoms with Crippen LogP contribution < -0.4 is 31.1 Å². The summed E-state index contributed by atoms with van der Waals surface area (Å²) < 4.78 is 0. The molecular weight excluding hydrogens is 978 g/mol. The fourth-order valence-electron chi connectivity index (χ4n) is 17.5. The molecule has 0 saturated heterocycles. The van der Waals surface area contributed by atoms with Crippen molar-refractivity contribution >= 4 is 62.9 Å². The summed E-state index contributed by atoms with van der Waals surface area (Å²) >= 11 is 0. The van der Waals surface area contributed by atoms with Crippen LogP contribution in [0.15, 0.2) is 121 Å². The first-order valence-electron chi connectivity index (χ1n) is 31.4. The molecule has 7 aromatic carbocycles. The summed E-state index contributed by atoms with van der Waals surface area (Å²) in [7, 11) is 0. The molecule has 0 N–H and O–H groups in total. The largest absolute Gasteiger partial charge is 0.335 e. The minimum absolute atomic E-state index is 0.00895. The van der Waals surface area contributed by atoms with E-state index in [0.717, 1.165) is 12.8 Å². The average Bonchev–Trinajstić information content (AvgIpc) is 2.43. The Kier molecular flexibility index (Phi) is 10.9. The molecule has 81 heavy (non-hydrogen) atoms. The molecule has 4 atom stereocenters. The van der Waals surface area contributed by atoms with Crippen molar-refractivity contribution in [2.75, 3.05) is 14.7 Å². The maximum absolute atomic E-state index is 3.00. The number of rotatable bonds is 3. The number of benzene rings is 7. The molecule has 7 aliphatic rings. The van der Waals surface area contributed by atoms with E-state index in [4.69, 9.17) is 0 Å². The van der Waals surface area contributed by atoms with Crippen LogP contribution in [0.1, 0.15) is 221 Å². The summed E-state index contributed by atoms with van der Waals surface area (Å²) in [5, 5.41) is 0. The van der Waals surface area contributed by atoms with Crippen molar-refractivity contribution in [3.63, 3.8) is 0 Å². The lowest BCUT2D eigenvalue weighted by molar-refractivity contribution is 0.194. The summed E-state index contributed by atoms with van der Waals surface area (Å²) in [4.78, 5) is 8.71. The van der Waals surface area contributed by atoms with Gasteiger partial charge in [-0.15, -0.1) is 0 Å². The fourth-order valence-corrected chi connectivity index (χ4v) is 17.5. The molecule has 2 saturated carbocycles. The SMILES string of the molecule is CC(C)(C)c1ccc(N2c3cc4c(cc3B3c5cc(C(C)(C)C)cc6c5N(c5cc(N7c8ccc(C(C)(C)C)cc8C8(C)CCCCC78C)cc2c53)C2(C)CCCCC62C)C(C)(C)c2ccc(C(C)(C)C)cc2-4)c(-c2ccccc2)c1. The van der Waals surface area contributed by atoms with Crippen LogP contribution in [0, 0.1) is 0 Å². The second-order valence-corrected chi connectivity index (χ2v) is 32.1. The number of hydrogen-bond acceptors (Lipinski definition) is 3. The Bertz CT molecular complexity index is 3830. The van der Waals surface area contributed by atoms with Gasteiger partial charge in [-0.3, -0.25) is 0 Å². The highest BCUT2D eigenvalue weighted by molar-refractivity contribution is 7.00. The maximum Gasteiger partial charge on any atom is 0.252 e. The van der Waals surface area contributed by atoms with E-state index in [-0.39, 0.29) is 55.7 Å². The Hall–Kier alpha value is -6.00. The molecule has 0 radical (unpaired) electrons. The van der Waals surface area contributed by atoms with Gasteiger partial charge in [-0.2, -0.15) is 0 Å². The molecule has 0 aromatic heterocycles. The van der Waals surface area contributed by atoms with Crippen LogP contribution in [-0.4, -0.2) is 17.8 Å². The molecule has 0 spiro atoms. The van der Waals surface area contributed by atoms with Gasteiger partial charge < -0.3 is 14.7 Å². The van der Waals surface area contributed by atoms with E-state index in [9.17, 15) is 0 Å². The standard InChI is InChI=1S/C77H90BN3/c1-69(2,3)48-28-31-56-54(39-48)55-45-64-60(46-57(55)73(56,13)14)78-61-42-51(72(10,11)12)41-59-68(61)81(77(18)37-25-23-35-75(59,77)16)66-44-52(80-63-33-30-50(71(7,8)9)40-58(63)74(15)34-22-24-36-76(74,80)17)43-65(67(66)78)79(64)62-32-29-49(70(4,5)6)38-53(62)47-26-20-19-21-27-47/h19-21,26-33,38-46H,22-25,34-37H2,1-18H3. The number of nitrogens with zero attached hydrogens (tertiary/aromatic N) is 3. The van der Waals surface area contributed by atoms with Crippen LogP contribution in [0.3, 0.4) is 0 Å². The third-order valence-electron chi connectivity index (χ3n) is 23.0. The molecular formula is C77H90BN3. The van der Waals surface area contributed by atoms with Crippen molar-refractivity contribution in [1.29, 1.82) is 0 Å². The Labute approximate surface area is 488 Å². The van der Waals surface area contributed by atoms with Crippen molar-refractivity contribution in [1.82, 2.24) is 0 Å². The van der Waals surface area contributed by atoms with E-state index < -0.39 is 0 Å². The zero-order chi connectivity index (χ0) is 57.3. The monoisotopic (exact) mass is 1070 g/mol. The van der Waals surface area contributed by atoms with Crippen molar-refractivity contribution in [2.45, 2.75) is 225 Å². The molecule has 4 heteroatoms. The first-order valence-corrected chi connectivity index (χ1v) is 31.4. The Morgan fingerprint density at radius 3 is 1.53 bits per heavy atom. The smallest absolute Gasteiger partial charge is 0.252 e. The second-order valence-electron chi connectivity index (χ2n) is 32.1. The molecule has 416 valence electrons. The van der Waals surface area contributed by atoms with Gasteiger partial charge in [0.1, 0.15) is 0 Å². The van der Waals surface area contributed by atoms with Crippen molar-refractivity contribution in [3.8, 4) is 22.3 Å². The van der Waals surface area contributed by atoms with Crippen molar-refractivity contribution in [2.24, 2.45) is 0 Å². The van der Waals surface area contributed by atoms with E-state index >= 15 is 0 Å². The van der Waals surface area contributed by atoms with Crippen LogP contribution >= 0.6 is 0 Å². The van der Waals surface area contributed by atoms with Crippen LogP contribution in [-0.2, 0) is 37.9 Å². The topological polar surface area (TPSA) is 9.72 Å². The van der Waals surface area contributed by atoms with E-state index in [1.807, 2.05) is 0 Å². The summed E-state index contributed by atoms with van der Waals surface area (Å²) in [5.41, 5.74) is 30.2. The summed E-state index contributed by atoms with van der Waals surface area (Å²) in [5.74, 6) is 0. The minimum atomic E-state index is -0.193. The van der Waals surface area contributed by atoms with Crippen LogP contribution in [0.4, 0.5) is 39.8 Å². The van der Waals surface area contributed by atoms with Gasteiger partial charge in [0.2, 0.25) is 0 Å². The third kappa shape index (κ3) is 7.07. The maximum atomic E-state index is 3.00. The third-order valence-corrected chi connectivity index (χ3v) is 23.0. The molecule has 4 aliphatic heterocycles. The molecule has 3 nitrogen and oxygen atoms in total. The van der Waals surface area contributed by atoms with E-state index in [1.165, 1.54) is 156 Å². The second kappa shape index (κ2) is 16.6. The lowest BCUT2D eigenvalue weighted by Gasteiger charge is -2.54. The lowest BCUT2D eigenvalue weighted by Crippen LogP contribution is -2.65. The lowest BCUT2D eigenvalue weighted by atomic mass is 9.33. The van der Waals surface area contributed by atoms with Gasteiger partial charge in [0, 0.05) is 55.9 Å². The first kappa shape index (κ1) is 53.0. The van der Waals surface area contributed by atoms with Crippen molar-refractivity contribution < 1.29 is 0 Å². The predicted octanol–water partition coefficient (Wildman–Crippen LogP) is 18.9. The molecule has 14 rings (SSSR count).